The second-order valence-corrected chi connectivity index (χ2v) is 3.87. The Bertz CT molecular complexity index is 263. The predicted octanol–water partition coefficient (Wildman–Crippen LogP) is 2.18. The van der Waals surface area contributed by atoms with Crippen LogP contribution < -0.4 is 5.32 Å². The van der Waals surface area contributed by atoms with Crippen LogP contribution in [0.5, 0.6) is 0 Å². The van der Waals surface area contributed by atoms with E-state index in [2.05, 4.69) is 5.32 Å². The minimum absolute atomic E-state index is 0.401. The van der Waals surface area contributed by atoms with Crippen molar-refractivity contribution in [2.75, 3.05) is 5.32 Å². The van der Waals surface area contributed by atoms with E-state index in [9.17, 15) is 4.57 Å². The first-order chi connectivity index (χ1) is 5.70. The number of para-hydroxylation sites is 1. The van der Waals surface area contributed by atoms with Gasteiger partial charge in [-0.05, 0) is 16.7 Å². The van der Waals surface area contributed by atoms with Crippen LogP contribution in [0.4, 0.5) is 5.69 Å². The molecule has 3 nitrogen and oxygen atoms in total. The first-order valence-electron chi connectivity index (χ1n) is 3.67. The highest BCUT2D eigenvalue weighted by Crippen LogP contribution is 2.23. The van der Waals surface area contributed by atoms with E-state index in [0.717, 1.165) is 5.69 Å². The van der Waals surface area contributed by atoms with Gasteiger partial charge in [0.1, 0.15) is 0 Å². The Hall–Kier alpha value is -0.920. The van der Waals surface area contributed by atoms with Crippen LogP contribution in [-0.4, -0.2) is 10.7 Å². The molecule has 64 valence electrons. The Labute approximate surface area is 72.3 Å². The lowest BCUT2D eigenvalue weighted by Gasteiger charge is -2.02. The lowest BCUT2D eigenvalue weighted by Crippen LogP contribution is -2.09. The van der Waals surface area contributed by atoms with Gasteiger partial charge < -0.3 is 5.32 Å². The molecular formula is C8H11NO2P+. The molecule has 1 aromatic carbocycles. The number of nitrogens with one attached hydrogen (secondary N) is 1. The Balaban J connectivity index is 2.58. The fraction of sp³-hybridized carbons (Fsp3) is 0.250. The van der Waals surface area contributed by atoms with Crippen LogP contribution in [-0.2, 0) is 4.57 Å². The summed E-state index contributed by atoms with van der Waals surface area (Å²) in [6.45, 7) is 1.67. The summed E-state index contributed by atoms with van der Waals surface area (Å²) in [5, 5.41) is 2.91. The maximum atomic E-state index is 10.6. The van der Waals surface area contributed by atoms with Gasteiger partial charge in [-0.2, -0.15) is 4.89 Å². The number of rotatable bonds is 3. The second kappa shape index (κ2) is 4.19. The lowest BCUT2D eigenvalue weighted by molar-refractivity contribution is 0.496. The molecule has 0 spiro atoms. The van der Waals surface area contributed by atoms with Gasteiger partial charge in [-0.3, -0.25) is 0 Å². The van der Waals surface area contributed by atoms with Gasteiger partial charge in [-0.1, -0.05) is 18.2 Å². The molecule has 0 heterocycles. The predicted molar refractivity (Wildman–Crippen MR) is 49.4 cm³/mol. The Morgan fingerprint density at radius 3 is 2.50 bits per heavy atom. The van der Waals surface area contributed by atoms with Crippen molar-refractivity contribution in [1.82, 2.24) is 0 Å². The van der Waals surface area contributed by atoms with Crippen molar-refractivity contribution in [3.05, 3.63) is 30.3 Å². The van der Waals surface area contributed by atoms with Crippen molar-refractivity contribution in [2.45, 2.75) is 12.7 Å². The van der Waals surface area contributed by atoms with Gasteiger partial charge in [0.05, 0.1) is 0 Å². The van der Waals surface area contributed by atoms with Crippen LogP contribution in [0.2, 0.25) is 0 Å². The van der Waals surface area contributed by atoms with E-state index in [4.69, 9.17) is 4.89 Å². The molecule has 0 aliphatic heterocycles. The maximum absolute atomic E-state index is 10.6. The van der Waals surface area contributed by atoms with Crippen LogP contribution in [0.15, 0.2) is 30.3 Å². The third-order valence-electron chi connectivity index (χ3n) is 1.48. The quantitative estimate of drug-likeness (QED) is 0.708. The highest BCUT2D eigenvalue weighted by molar-refractivity contribution is 7.39. The molecule has 0 bridgehead atoms. The zero-order valence-corrected chi connectivity index (χ0v) is 7.66. The van der Waals surface area contributed by atoms with E-state index in [0.29, 0.717) is 0 Å². The Kier molecular flexibility index (Phi) is 3.20. The van der Waals surface area contributed by atoms with Crippen LogP contribution in [0, 0.1) is 0 Å². The average molecular weight is 184 g/mol. The zero-order chi connectivity index (χ0) is 8.97. The molecule has 0 radical (unpaired) electrons. The summed E-state index contributed by atoms with van der Waals surface area (Å²) >= 11 is 0. The monoisotopic (exact) mass is 184 g/mol. The van der Waals surface area contributed by atoms with E-state index >= 15 is 0 Å². The second-order valence-electron chi connectivity index (χ2n) is 2.49. The van der Waals surface area contributed by atoms with E-state index in [1.165, 1.54) is 0 Å². The fourth-order valence-corrected chi connectivity index (χ4v) is 1.09. The number of anilines is 1. The molecule has 0 aromatic heterocycles. The van der Waals surface area contributed by atoms with Crippen molar-refractivity contribution in [1.29, 1.82) is 0 Å². The molecule has 1 aromatic rings. The first kappa shape index (κ1) is 9.17. The standard InChI is InChI=1S/C8H10NO2P/c1-7(12(10)11)9-8-5-3-2-4-6-8/h2-7,9H,1H3/p+1. The SMILES string of the molecule is CC(Nc1ccccc1)[P+](=O)O. The molecule has 2 atom stereocenters. The van der Waals surface area contributed by atoms with Gasteiger partial charge in [0.15, 0.2) is 0 Å². The summed E-state index contributed by atoms with van der Waals surface area (Å²) in [6.07, 6.45) is 0. The van der Waals surface area contributed by atoms with E-state index < -0.39 is 13.8 Å². The highest BCUT2D eigenvalue weighted by Gasteiger charge is 2.21. The Morgan fingerprint density at radius 1 is 1.42 bits per heavy atom. The maximum Gasteiger partial charge on any atom is 0.530 e. The molecule has 2 N–H and O–H groups in total. The number of hydrogen-bond donors (Lipinski definition) is 2. The normalized spacial score (nSPS) is 13.7. The average Bonchev–Trinajstić information content (AvgIpc) is 2.06. The molecule has 0 aliphatic carbocycles. The molecular weight excluding hydrogens is 173 g/mol. The molecule has 0 fully saturated rings. The summed E-state index contributed by atoms with van der Waals surface area (Å²) in [4.78, 5) is 8.73. The summed E-state index contributed by atoms with van der Waals surface area (Å²) in [6, 6.07) is 9.36. The fourth-order valence-electron chi connectivity index (χ4n) is 0.831. The molecule has 12 heavy (non-hydrogen) atoms. The van der Waals surface area contributed by atoms with E-state index in [1.807, 2.05) is 30.3 Å². The van der Waals surface area contributed by atoms with Gasteiger partial charge in [0, 0.05) is 12.6 Å². The van der Waals surface area contributed by atoms with Crippen LogP contribution in [0.1, 0.15) is 6.92 Å². The van der Waals surface area contributed by atoms with E-state index in [-0.39, 0.29) is 0 Å². The zero-order valence-electron chi connectivity index (χ0n) is 6.77. The van der Waals surface area contributed by atoms with Gasteiger partial charge in [0.25, 0.3) is 5.78 Å². The summed E-state index contributed by atoms with van der Waals surface area (Å²) < 4.78 is 10.6. The third kappa shape index (κ3) is 2.61. The molecule has 0 amide bonds. The number of hydrogen-bond acceptors (Lipinski definition) is 2. The van der Waals surface area contributed by atoms with Gasteiger partial charge >= 0.3 is 8.03 Å². The van der Waals surface area contributed by atoms with Gasteiger partial charge in [0.2, 0.25) is 0 Å². The third-order valence-corrected chi connectivity index (χ3v) is 2.27. The summed E-state index contributed by atoms with van der Waals surface area (Å²) in [5.41, 5.74) is 0.863. The van der Waals surface area contributed by atoms with Crippen LogP contribution in [0.3, 0.4) is 0 Å². The first-order valence-corrected chi connectivity index (χ1v) is 4.95. The molecule has 4 heteroatoms. The molecule has 0 saturated heterocycles. The van der Waals surface area contributed by atoms with Crippen molar-refractivity contribution in [3.63, 3.8) is 0 Å². The minimum atomic E-state index is -2.15. The minimum Gasteiger partial charge on any atom is -0.340 e. The van der Waals surface area contributed by atoms with Gasteiger partial charge in [-0.15, -0.1) is 0 Å². The lowest BCUT2D eigenvalue weighted by atomic mass is 10.3. The van der Waals surface area contributed by atoms with Gasteiger partial charge in [-0.25, -0.2) is 0 Å². The van der Waals surface area contributed by atoms with Crippen molar-refractivity contribution in [2.24, 2.45) is 0 Å². The van der Waals surface area contributed by atoms with Crippen LogP contribution >= 0.6 is 8.03 Å². The molecule has 2 unspecified atom stereocenters. The topological polar surface area (TPSA) is 49.3 Å². The molecule has 0 aliphatic rings. The van der Waals surface area contributed by atoms with Crippen molar-refractivity contribution in [3.8, 4) is 0 Å². The summed E-state index contributed by atoms with van der Waals surface area (Å²) in [7, 11) is -2.15. The Morgan fingerprint density at radius 2 is 2.00 bits per heavy atom. The highest BCUT2D eigenvalue weighted by atomic mass is 31.1. The van der Waals surface area contributed by atoms with Crippen molar-refractivity contribution >= 4 is 13.7 Å². The van der Waals surface area contributed by atoms with E-state index in [1.54, 1.807) is 6.92 Å². The summed E-state index contributed by atoms with van der Waals surface area (Å²) in [5.74, 6) is -0.401. The smallest absolute Gasteiger partial charge is 0.340 e. The number of benzene rings is 1. The van der Waals surface area contributed by atoms with Crippen LogP contribution in [0.25, 0.3) is 0 Å². The molecule has 1 rings (SSSR count). The van der Waals surface area contributed by atoms with Crippen molar-refractivity contribution < 1.29 is 9.46 Å². The molecule has 0 saturated carbocycles. The largest absolute Gasteiger partial charge is 0.530 e.